The molecule has 0 radical (unpaired) electrons. The number of amides is 1. The van der Waals surface area contributed by atoms with E-state index in [9.17, 15) is 14.3 Å². The van der Waals surface area contributed by atoms with Gasteiger partial charge in [-0.25, -0.2) is 4.39 Å². The lowest BCUT2D eigenvalue weighted by Gasteiger charge is -2.25. The fraction of sp³-hybridized carbons (Fsp3) is 0. The van der Waals surface area contributed by atoms with E-state index in [0.29, 0.717) is 11.4 Å². The molecule has 0 saturated heterocycles. The molecule has 7 nitrogen and oxygen atoms in total. The zero-order valence-corrected chi connectivity index (χ0v) is 11.8. The Balaban J connectivity index is 0.00000156. The van der Waals surface area contributed by atoms with Crippen molar-refractivity contribution in [2.75, 3.05) is 15.3 Å². The van der Waals surface area contributed by atoms with Crippen molar-refractivity contribution in [2.24, 2.45) is 0 Å². The predicted octanol–water partition coefficient (Wildman–Crippen LogP) is 1.05. The van der Waals surface area contributed by atoms with Gasteiger partial charge in [-0.2, -0.15) is 5.01 Å². The summed E-state index contributed by atoms with van der Waals surface area (Å²) in [5.74, 6) is -1.07. The zero-order chi connectivity index (χ0) is 15.3. The highest BCUT2D eigenvalue weighted by Gasteiger charge is 2.43. The van der Waals surface area contributed by atoms with E-state index >= 15 is 0 Å². The van der Waals surface area contributed by atoms with Crippen molar-refractivity contribution in [1.29, 1.82) is 0 Å². The Labute approximate surface area is 130 Å². The quantitative estimate of drug-likeness (QED) is 0.682. The number of aliphatic hydroxyl groups excluding tert-OH is 1. The van der Waals surface area contributed by atoms with Crippen molar-refractivity contribution in [3.63, 3.8) is 0 Å². The van der Waals surface area contributed by atoms with Crippen molar-refractivity contribution in [3.05, 3.63) is 65.9 Å². The number of halogens is 1. The third-order valence-corrected chi connectivity index (χ3v) is 3.63. The summed E-state index contributed by atoms with van der Waals surface area (Å²) < 4.78 is 13.4. The Morgan fingerprint density at radius 2 is 1.87 bits per heavy atom. The number of nitrogens with one attached hydrogen (secondary N) is 1. The van der Waals surface area contributed by atoms with E-state index in [-0.39, 0.29) is 17.1 Å². The number of hydrogen-bond donors (Lipinski definition) is 3. The Bertz CT molecular complexity index is 824. The van der Waals surface area contributed by atoms with Gasteiger partial charge in [-0.15, -0.1) is 10.5 Å². The highest BCUT2D eigenvalue weighted by molar-refractivity contribution is 6.11. The van der Waals surface area contributed by atoms with Crippen LogP contribution in [-0.2, 0) is 4.79 Å². The molecule has 23 heavy (non-hydrogen) atoms. The first-order valence-corrected chi connectivity index (χ1v) is 6.68. The number of para-hydroxylation sites is 2. The topological polar surface area (TPSA) is 102 Å². The van der Waals surface area contributed by atoms with Gasteiger partial charge >= 0.3 is 0 Å². The lowest BCUT2D eigenvalue weighted by Crippen LogP contribution is -2.99. The minimum Gasteiger partial charge on any atom is -0.870 e. The van der Waals surface area contributed by atoms with Gasteiger partial charge in [-0.3, -0.25) is 4.79 Å². The summed E-state index contributed by atoms with van der Waals surface area (Å²) in [5, 5.41) is 16.1. The first-order chi connectivity index (χ1) is 10.6. The van der Waals surface area contributed by atoms with E-state index in [1.807, 2.05) is 18.2 Å². The summed E-state index contributed by atoms with van der Waals surface area (Å²) in [6.45, 7) is 0. The number of nitrogens with zero attached hydrogens (tertiary/aromatic N) is 2. The highest BCUT2D eigenvalue weighted by atomic mass is 19.1. The molecule has 0 bridgehead atoms. The number of fused-ring (bicyclic) bond motifs is 3. The molecule has 2 aromatic carbocycles. The van der Waals surface area contributed by atoms with Crippen molar-refractivity contribution >= 4 is 23.0 Å². The number of carbonyl (C=O) groups is 1. The average Bonchev–Trinajstić information content (AvgIpc) is 2.86. The van der Waals surface area contributed by atoms with Crippen LogP contribution in [0.2, 0.25) is 0 Å². The second kappa shape index (κ2) is 5.27. The number of nitrogens with two attached hydrogens (primary N) is 1. The van der Waals surface area contributed by atoms with Crippen LogP contribution in [0.3, 0.4) is 0 Å². The van der Waals surface area contributed by atoms with Crippen molar-refractivity contribution in [2.45, 2.75) is 0 Å². The van der Waals surface area contributed by atoms with Gasteiger partial charge in [0.25, 0.3) is 11.8 Å². The number of anilines is 3. The van der Waals surface area contributed by atoms with E-state index in [2.05, 4.69) is 5.32 Å². The van der Waals surface area contributed by atoms with Gasteiger partial charge < -0.3 is 15.9 Å². The molecule has 0 aromatic heterocycles. The Morgan fingerprint density at radius 3 is 2.65 bits per heavy atom. The monoisotopic (exact) mass is 316 g/mol. The molecular weight excluding hydrogens is 303 g/mol. The lowest BCUT2D eigenvalue weighted by molar-refractivity contribution is -0.661. The molecule has 0 aliphatic carbocycles. The smallest absolute Gasteiger partial charge is 0.283 e. The van der Waals surface area contributed by atoms with Crippen molar-refractivity contribution < 1.29 is 25.3 Å². The van der Waals surface area contributed by atoms with Crippen LogP contribution in [0.15, 0.2) is 60.1 Å². The molecule has 1 amide bonds. The zero-order valence-electron chi connectivity index (χ0n) is 11.8. The predicted molar refractivity (Wildman–Crippen MR) is 79.9 cm³/mol. The highest BCUT2D eigenvalue weighted by Crippen LogP contribution is 2.34. The summed E-state index contributed by atoms with van der Waals surface area (Å²) in [4.78, 5) is 12.2. The van der Waals surface area contributed by atoms with Crippen LogP contribution >= 0.6 is 0 Å². The van der Waals surface area contributed by atoms with E-state index < -0.39 is 11.7 Å². The standard InChI is InChI=1S/C15H11FN4O2.H2O/c16-9-4-3-5-10(8-9)19-15(22)13-14(21)17-11-6-1-2-7-12(11)20(13)18-19;/h1-8,18,22H,(H,17,21);1H2. The molecule has 0 spiro atoms. The van der Waals surface area contributed by atoms with Gasteiger partial charge in [-0.05, 0) is 24.3 Å². The molecule has 2 heterocycles. The fourth-order valence-electron chi connectivity index (χ4n) is 2.63. The number of quaternary nitrogens is 1. The third kappa shape index (κ3) is 2.17. The van der Waals surface area contributed by atoms with Crippen LogP contribution in [0.4, 0.5) is 21.5 Å². The van der Waals surface area contributed by atoms with E-state index in [0.717, 1.165) is 5.69 Å². The van der Waals surface area contributed by atoms with Crippen LogP contribution < -0.4 is 20.9 Å². The molecule has 118 valence electrons. The van der Waals surface area contributed by atoms with Gasteiger partial charge in [0.15, 0.2) is 0 Å². The molecule has 8 heteroatoms. The van der Waals surface area contributed by atoms with Gasteiger partial charge in [-0.1, -0.05) is 18.2 Å². The summed E-state index contributed by atoms with van der Waals surface area (Å²) in [5.41, 5.74) is 3.51. The van der Waals surface area contributed by atoms with Crippen LogP contribution in [-0.4, -0.2) is 16.5 Å². The lowest BCUT2D eigenvalue weighted by atomic mass is 10.2. The summed E-state index contributed by atoms with van der Waals surface area (Å²) in [6.07, 6.45) is 0. The first kappa shape index (κ1) is 14.8. The molecule has 4 rings (SSSR count). The largest absolute Gasteiger partial charge is 0.870 e. The molecule has 0 saturated carbocycles. The normalized spacial score (nSPS) is 15.8. The van der Waals surface area contributed by atoms with Crippen LogP contribution in [0.25, 0.3) is 0 Å². The van der Waals surface area contributed by atoms with Gasteiger partial charge in [0, 0.05) is 6.07 Å². The minimum atomic E-state index is -0.418. The summed E-state index contributed by atoms with van der Waals surface area (Å²) in [6, 6.07) is 13.1. The molecule has 2 aromatic rings. The number of aliphatic hydroxyl groups is 1. The maximum atomic E-state index is 13.4. The summed E-state index contributed by atoms with van der Waals surface area (Å²) in [7, 11) is 0. The average molecular weight is 316 g/mol. The fourth-order valence-corrected chi connectivity index (χ4v) is 2.63. The molecule has 0 unspecified atom stereocenters. The molecular formula is C15H13FN4O3. The molecule has 2 aliphatic heterocycles. The second-order valence-electron chi connectivity index (χ2n) is 4.98. The number of benzene rings is 2. The minimum absolute atomic E-state index is 0. The van der Waals surface area contributed by atoms with Crippen molar-refractivity contribution in [3.8, 4) is 0 Å². The van der Waals surface area contributed by atoms with Crippen LogP contribution in [0.1, 0.15) is 0 Å². The van der Waals surface area contributed by atoms with E-state index in [4.69, 9.17) is 0 Å². The number of rotatable bonds is 1. The first-order valence-electron chi connectivity index (χ1n) is 6.68. The third-order valence-electron chi connectivity index (χ3n) is 3.63. The van der Waals surface area contributed by atoms with Gasteiger partial charge in [0.05, 0.1) is 5.69 Å². The number of hydrogen-bond acceptors (Lipinski definition) is 5. The maximum absolute atomic E-state index is 13.4. The maximum Gasteiger partial charge on any atom is 0.283 e. The summed E-state index contributed by atoms with van der Waals surface area (Å²) >= 11 is 0. The van der Waals surface area contributed by atoms with Crippen LogP contribution in [0.5, 0.6) is 0 Å². The Kier molecular flexibility index (Phi) is 3.40. The second-order valence-corrected chi connectivity index (χ2v) is 4.98. The number of carbonyl (C=O) groups excluding carboxylic acids is 1. The van der Waals surface area contributed by atoms with E-state index in [1.54, 1.807) is 28.7 Å². The van der Waals surface area contributed by atoms with E-state index in [1.165, 1.54) is 17.1 Å². The Morgan fingerprint density at radius 1 is 1.09 bits per heavy atom. The molecule has 0 atom stereocenters. The molecule has 2 aliphatic rings. The Hall–Kier alpha value is -3.10. The molecule has 5 N–H and O–H groups in total. The van der Waals surface area contributed by atoms with Crippen LogP contribution in [0, 0.1) is 5.82 Å². The van der Waals surface area contributed by atoms with Gasteiger partial charge in [0.1, 0.15) is 17.2 Å². The van der Waals surface area contributed by atoms with Gasteiger partial charge in [0.2, 0.25) is 5.70 Å². The molecule has 0 fully saturated rings. The van der Waals surface area contributed by atoms with Crippen molar-refractivity contribution in [1.82, 2.24) is 0 Å². The SMILES string of the molecule is O=C1Nc2ccccc2N2[NH2+]N(c3cccc(F)c3)C(O)=C12.[OH-].